The Bertz CT molecular complexity index is 565. The van der Waals surface area contributed by atoms with Crippen molar-refractivity contribution in [3.05, 3.63) is 22.4 Å². The van der Waals surface area contributed by atoms with Gasteiger partial charge in [0.2, 0.25) is 17.8 Å². The highest BCUT2D eigenvalue weighted by atomic mass is 32.1. The van der Waals surface area contributed by atoms with Gasteiger partial charge in [-0.05, 0) is 41.7 Å². The molecule has 1 saturated heterocycles. The Kier molecular flexibility index (Phi) is 4.49. The molecule has 21 heavy (non-hydrogen) atoms. The zero-order chi connectivity index (χ0) is 14.5. The van der Waals surface area contributed by atoms with Crippen molar-refractivity contribution >= 4 is 29.2 Å². The maximum absolute atomic E-state index is 4.56. The van der Waals surface area contributed by atoms with Crippen LogP contribution >= 0.6 is 11.3 Å². The number of aromatic nitrogens is 3. The van der Waals surface area contributed by atoms with Crippen molar-refractivity contribution in [1.29, 1.82) is 0 Å². The van der Waals surface area contributed by atoms with Crippen LogP contribution in [0.5, 0.6) is 0 Å². The van der Waals surface area contributed by atoms with E-state index >= 15 is 0 Å². The van der Waals surface area contributed by atoms with Gasteiger partial charge >= 0.3 is 0 Å². The predicted octanol–water partition coefficient (Wildman–Crippen LogP) is 2.58. The Balaban J connectivity index is 1.75. The van der Waals surface area contributed by atoms with Gasteiger partial charge in [-0.2, -0.15) is 26.3 Å². The van der Waals surface area contributed by atoms with E-state index in [0.29, 0.717) is 11.9 Å². The number of nitrogens with one attached hydrogen (secondary N) is 2. The van der Waals surface area contributed by atoms with Crippen molar-refractivity contribution in [3.8, 4) is 0 Å². The van der Waals surface area contributed by atoms with Crippen molar-refractivity contribution in [2.45, 2.75) is 25.8 Å². The third-order valence-corrected chi connectivity index (χ3v) is 4.25. The SMILES string of the molecule is CNc1nc(NCc2ccsc2)nc(N2CCCCC2)n1. The van der Waals surface area contributed by atoms with Crippen molar-refractivity contribution in [2.24, 2.45) is 0 Å². The molecule has 3 rings (SSSR count). The molecule has 0 unspecified atom stereocenters. The molecule has 2 N–H and O–H groups in total. The molecule has 112 valence electrons. The summed E-state index contributed by atoms with van der Waals surface area (Å²) in [6, 6.07) is 2.10. The molecule has 0 atom stereocenters. The van der Waals surface area contributed by atoms with Gasteiger partial charge in [0.05, 0.1) is 0 Å². The quantitative estimate of drug-likeness (QED) is 0.885. The Morgan fingerprint density at radius 1 is 1.14 bits per heavy atom. The summed E-state index contributed by atoms with van der Waals surface area (Å²) in [7, 11) is 1.83. The molecule has 6 nitrogen and oxygen atoms in total. The van der Waals surface area contributed by atoms with Crippen LogP contribution in [0.15, 0.2) is 16.8 Å². The van der Waals surface area contributed by atoms with Gasteiger partial charge in [0, 0.05) is 26.7 Å². The van der Waals surface area contributed by atoms with E-state index in [4.69, 9.17) is 0 Å². The van der Waals surface area contributed by atoms with Gasteiger partial charge in [-0.15, -0.1) is 0 Å². The Morgan fingerprint density at radius 3 is 2.67 bits per heavy atom. The molecule has 3 heterocycles. The van der Waals surface area contributed by atoms with E-state index in [1.54, 1.807) is 11.3 Å². The van der Waals surface area contributed by atoms with Crippen LogP contribution in [-0.4, -0.2) is 35.1 Å². The zero-order valence-corrected chi connectivity index (χ0v) is 13.0. The van der Waals surface area contributed by atoms with Crippen LogP contribution in [0.4, 0.5) is 17.8 Å². The van der Waals surface area contributed by atoms with Gasteiger partial charge < -0.3 is 15.5 Å². The summed E-state index contributed by atoms with van der Waals surface area (Å²) < 4.78 is 0. The number of rotatable bonds is 5. The normalized spacial score (nSPS) is 15.0. The van der Waals surface area contributed by atoms with E-state index in [2.05, 4.69) is 47.3 Å². The smallest absolute Gasteiger partial charge is 0.231 e. The molecular weight excluding hydrogens is 284 g/mol. The molecule has 0 saturated carbocycles. The van der Waals surface area contributed by atoms with E-state index in [-0.39, 0.29) is 0 Å². The first-order valence-corrected chi connectivity index (χ1v) is 8.23. The lowest BCUT2D eigenvalue weighted by molar-refractivity contribution is 0.568. The topological polar surface area (TPSA) is 66.0 Å². The second-order valence-electron chi connectivity index (χ2n) is 5.07. The highest BCUT2D eigenvalue weighted by molar-refractivity contribution is 7.07. The highest BCUT2D eigenvalue weighted by Gasteiger charge is 2.15. The van der Waals surface area contributed by atoms with Gasteiger partial charge in [-0.3, -0.25) is 0 Å². The number of thiophene rings is 1. The molecule has 2 aromatic rings. The van der Waals surface area contributed by atoms with Crippen molar-refractivity contribution in [2.75, 3.05) is 35.7 Å². The highest BCUT2D eigenvalue weighted by Crippen LogP contribution is 2.18. The Labute approximate surface area is 128 Å². The number of anilines is 3. The summed E-state index contributed by atoms with van der Waals surface area (Å²) in [6.07, 6.45) is 3.71. The van der Waals surface area contributed by atoms with Gasteiger partial charge in [0.15, 0.2) is 0 Å². The predicted molar refractivity (Wildman–Crippen MR) is 87.1 cm³/mol. The lowest BCUT2D eigenvalue weighted by Gasteiger charge is -2.26. The van der Waals surface area contributed by atoms with Crippen LogP contribution in [0, 0.1) is 0 Å². The standard InChI is InChI=1S/C14H20N6S/c1-15-12-17-13(16-9-11-5-8-21-10-11)19-14(18-12)20-6-3-2-4-7-20/h5,8,10H,2-4,6-7,9H2,1H3,(H2,15,16,17,18,19). The zero-order valence-electron chi connectivity index (χ0n) is 12.2. The average Bonchev–Trinajstić information content (AvgIpc) is 3.07. The molecular formula is C14H20N6S. The van der Waals surface area contributed by atoms with Crippen molar-refractivity contribution in [3.63, 3.8) is 0 Å². The monoisotopic (exact) mass is 304 g/mol. The average molecular weight is 304 g/mol. The third kappa shape index (κ3) is 3.60. The molecule has 0 aromatic carbocycles. The minimum absolute atomic E-state index is 0.610. The minimum atomic E-state index is 0.610. The number of hydrogen-bond donors (Lipinski definition) is 2. The maximum atomic E-state index is 4.56. The molecule has 7 heteroatoms. The molecule has 0 aliphatic carbocycles. The molecule has 0 amide bonds. The summed E-state index contributed by atoms with van der Waals surface area (Å²) in [5.74, 6) is 2.00. The molecule has 1 aliphatic heterocycles. The van der Waals surface area contributed by atoms with E-state index in [1.165, 1.54) is 24.8 Å². The molecule has 2 aromatic heterocycles. The van der Waals surface area contributed by atoms with E-state index in [1.807, 2.05) is 7.05 Å². The molecule has 1 aliphatic rings. The first-order valence-electron chi connectivity index (χ1n) is 7.29. The summed E-state index contributed by atoms with van der Waals surface area (Å²) in [6.45, 7) is 2.78. The van der Waals surface area contributed by atoms with Crippen LogP contribution in [-0.2, 0) is 6.54 Å². The largest absolute Gasteiger partial charge is 0.357 e. The number of nitrogens with zero attached hydrogens (tertiary/aromatic N) is 4. The summed E-state index contributed by atoms with van der Waals surface area (Å²) in [5, 5.41) is 10.5. The molecule has 0 spiro atoms. The van der Waals surface area contributed by atoms with Gasteiger partial charge in [0.25, 0.3) is 0 Å². The molecule has 1 fully saturated rings. The fraction of sp³-hybridized carbons (Fsp3) is 0.500. The third-order valence-electron chi connectivity index (χ3n) is 3.52. The summed E-state index contributed by atoms with van der Waals surface area (Å²) in [4.78, 5) is 15.7. The van der Waals surface area contributed by atoms with Gasteiger partial charge in [0.1, 0.15) is 0 Å². The van der Waals surface area contributed by atoms with Crippen LogP contribution in [0.1, 0.15) is 24.8 Å². The first kappa shape index (κ1) is 14.1. The number of piperidine rings is 1. The van der Waals surface area contributed by atoms with E-state index in [9.17, 15) is 0 Å². The van der Waals surface area contributed by atoms with Gasteiger partial charge in [-0.1, -0.05) is 0 Å². The Morgan fingerprint density at radius 2 is 1.95 bits per heavy atom. The second kappa shape index (κ2) is 6.71. The maximum Gasteiger partial charge on any atom is 0.231 e. The van der Waals surface area contributed by atoms with Crippen LogP contribution < -0.4 is 15.5 Å². The van der Waals surface area contributed by atoms with Crippen molar-refractivity contribution in [1.82, 2.24) is 15.0 Å². The van der Waals surface area contributed by atoms with E-state index < -0.39 is 0 Å². The fourth-order valence-electron chi connectivity index (χ4n) is 2.37. The van der Waals surface area contributed by atoms with Crippen molar-refractivity contribution < 1.29 is 0 Å². The number of hydrogen-bond acceptors (Lipinski definition) is 7. The van der Waals surface area contributed by atoms with Crippen LogP contribution in [0.2, 0.25) is 0 Å². The van der Waals surface area contributed by atoms with E-state index in [0.717, 1.165) is 25.6 Å². The summed E-state index contributed by atoms with van der Waals surface area (Å²) in [5.41, 5.74) is 1.24. The lowest BCUT2D eigenvalue weighted by atomic mass is 10.1. The molecule has 0 bridgehead atoms. The van der Waals surface area contributed by atoms with Crippen LogP contribution in [0.3, 0.4) is 0 Å². The fourth-order valence-corrected chi connectivity index (χ4v) is 3.03. The minimum Gasteiger partial charge on any atom is -0.357 e. The van der Waals surface area contributed by atoms with Gasteiger partial charge in [-0.25, -0.2) is 0 Å². The van der Waals surface area contributed by atoms with Crippen LogP contribution in [0.25, 0.3) is 0 Å². The summed E-state index contributed by atoms with van der Waals surface area (Å²) >= 11 is 1.69. The first-order chi connectivity index (χ1) is 10.3. The lowest BCUT2D eigenvalue weighted by Crippen LogP contribution is -2.31. The Hall–Kier alpha value is -1.89. The molecule has 0 radical (unpaired) electrons. The second-order valence-corrected chi connectivity index (χ2v) is 5.85.